The number of para-hydroxylation sites is 1. The van der Waals surface area contributed by atoms with Gasteiger partial charge in [-0.3, -0.25) is 4.79 Å². The number of nitrogen functional groups attached to an aromatic ring is 1. The lowest BCUT2D eigenvalue weighted by molar-refractivity contribution is -0.139. The molecule has 2 aromatic carbocycles. The Morgan fingerprint density at radius 1 is 1.35 bits per heavy atom. The van der Waals surface area contributed by atoms with Crippen molar-refractivity contribution in [2.75, 3.05) is 19.5 Å². The third kappa shape index (κ3) is 4.87. The van der Waals surface area contributed by atoms with Crippen LogP contribution in [0.25, 0.3) is 0 Å². The monoisotopic (exact) mass is 377 g/mol. The van der Waals surface area contributed by atoms with E-state index in [2.05, 4.69) is 10.5 Å². The van der Waals surface area contributed by atoms with Crippen molar-refractivity contribution in [3.63, 3.8) is 0 Å². The largest absolute Gasteiger partial charge is 0.493 e. The van der Waals surface area contributed by atoms with Crippen molar-refractivity contribution < 1.29 is 24.2 Å². The summed E-state index contributed by atoms with van der Waals surface area (Å²) in [6.45, 7) is -0.557. The molecule has 0 aliphatic rings. The molecule has 4 N–H and O–H groups in total. The minimum atomic E-state index is -1.14. The number of nitrogens with two attached hydrogens (primary N) is 1. The van der Waals surface area contributed by atoms with Crippen LogP contribution in [0.3, 0.4) is 0 Å². The molecule has 0 bridgehead atoms. The van der Waals surface area contributed by atoms with Crippen LogP contribution in [-0.2, 0) is 4.79 Å². The summed E-state index contributed by atoms with van der Waals surface area (Å²) in [6, 6.07) is 9.63. The van der Waals surface area contributed by atoms with Crippen molar-refractivity contribution in [3.8, 4) is 11.5 Å². The molecule has 0 fully saturated rings. The Labute approximate surface area is 154 Å². The number of ether oxygens (including phenoxy) is 2. The number of amides is 1. The summed E-state index contributed by atoms with van der Waals surface area (Å²) in [5.41, 5.74) is 9.23. The summed E-state index contributed by atoms with van der Waals surface area (Å²) in [6.07, 6.45) is 1.35. The van der Waals surface area contributed by atoms with Crippen molar-refractivity contribution in [3.05, 3.63) is 52.5 Å². The Morgan fingerprint density at radius 2 is 2.08 bits per heavy atom. The number of carbonyl (C=O) groups is 2. The number of carboxylic acids is 1. The highest BCUT2D eigenvalue weighted by atomic mass is 35.5. The number of carbonyl (C=O) groups excluding carboxylic acids is 1. The maximum Gasteiger partial charge on any atom is 0.341 e. The second-order valence-electron chi connectivity index (χ2n) is 5.00. The quantitative estimate of drug-likeness (QED) is 0.386. The van der Waals surface area contributed by atoms with Gasteiger partial charge in [-0.05, 0) is 29.8 Å². The maximum absolute atomic E-state index is 12.0. The van der Waals surface area contributed by atoms with Crippen LogP contribution in [0.2, 0.25) is 5.02 Å². The van der Waals surface area contributed by atoms with Crippen molar-refractivity contribution in [2.45, 2.75) is 0 Å². The second kappa shape index (κ2) is 8.72. The fraction of sp³-hybridized carbons (Fsp3) is 0.118. The number of rotatable bonds is 7. The van der Waals surface area contributed by atoms with Gasteiger partial charge >= 0.3 is 5.97 Å². The molecule has 2 rings (SSSR count). The van der Waals surface area contributed by atoms with Crippen LogP contribution >= 0.6 is 11.6 Å². The number of benzene rings is 2. The molecule has 8 nitrogen and oxygen atoms in total. The van der Waals surface area contributed by atoms with Gasteiger partial charge in [-0.15, -0.1) is 0 Å². The van der Waals surface area contributed by atoms with Gasteiger partial charge < -0.3 is 20.3 Å². The Hall–Kier alpha value is -3.26. The summed E-state index contributed by atoms with van der Waals surface area (Å²) in [4.78, 5) is 22.6. The van der Waals surface area contributed by atoms with E-state index >= 15 is 0 Å². The molecular formula is C17H16ClN3O5. The number of carboxylic acid groups (broad SMARTS) is 1. The maximum atomic E-state index is 12.0. The van der Waals surface area contributed by atoms with Gasteiger partial charge in [0.1, 0.15) is 0 Å². The molecule has 0 unspecified atom stereocenters. The van der Waals surface area contributed by atoms with Crippen molar-refractivity contribution >= 4 is 35.4 Å². The molecule has 0 saturated carbocycles. The number of hydrogen-bond acceptors (Lipinski definition) is 6. The molecule has 0 spiro atoms. The summed E-state index contributed by atoms with van der Waals surface area (Å²) in [5.74, 6) is -1.26. The normalized spacial score (nSPS) is 10.5. The first-order valence-corrected chi connectivity index (χ1v) is 7.70. The molecule has 0 radical (unpaired) electrons. The molecule has 0 heterocycles. The lowest BCUT2D eigenvalue weighted by atomic mass is 10.2. The standard InChI is InChI=1S/C17H16ClN3O5/c1-25-14-7-10(6-12(18)16(14)26-9-15(22)23)8-20-21-17(24)11-4-2-3-5-13(11)19/h2-8H,9,19H2,1H3,(H,21,24)(H,22,23)/b20-8-. The zero-order valence-electron chi connectivity index (χ0n) is 13.7. The van der Waals surface area contributed by atoms with Gasteiger partial charge in [0.25, 0.3) is 5.91 Å². The number of nitrogens with one attached hydrogen (secondary N) is 1. The molecule has 9 heteroatoms. The van der Waals surface area contributed by atoms with Gasteiger partial charge in [0.05, 0.1) is 23.9 Å². The molecule has 1 amide bonds. The highest BCUT2D eigenvalue weighted by Crippen LogP contribution is 2.36. The van der Waals surface area contributed by atoms with Gasteiger partial charge in [-0.25, -0.2) is 10.2 Å². The SMILES string of the molecule is COc1cc(/C=N\NC(=O)c2ccccc2N)cc(Cl)c1OCC(=O)O. The summed E-state index contributed by atoms with van der Waals surface area (Å²) in [5, 5.41) is 12.7. The summed E-state index contributed by atoms with van der Waals surface area (Å²) >= 11 is 6.09. The molecule has 26 heavy (non-hydrogen) atoms. The van der Waals surface area contributed by atoms with Crippen LogP contribution in [0.4, 0.5) is 5.69 Å². The summed E-state index contributed by atoms with van der Waals surface area (Å²) in [7, 11) is 1.39. The predicted molar refractivity (Wildman–Crippen MR) is 97.0 cm³/mol. The van der Waals surface area contributed by atoms with E-state index in [1.807, 2.05) is 0 Å². The summed E-state index contributed by atoms with van der Waals surface area (Å²) < 4.78 is 10.2. The Morgan fingerprint density at radius 3 is 2.73 bits per heavy atom. The minimum absolute atomic E-state index is 0.106. The third-order valence-electron chi connectivity index (χ3n) is 3.18. The smallest absolute Gasteiger partial charge is 0.341 e. The number of nitrogens with zero attached hydrogens (tertiary/aromatic N) is 1. The van der Waals surface area contributed by atoms with Gasteiger partial charge in [0, 0.05) is 5.69 Å². The van der Waals surface area contributed by atoms with Crippen LogP contribution in [0.1, 0.15) is 15.9 Å². The number of aliphatic carboxylic acids is 1. The number of hydrazone groups is 1. The molecule has 0 aromatic heterocycles. The third-order valence-corrected chi connectivity index (χ3v) is 3.46. The van der Waals surface area contributed by atoms with Crippen molar-refractivity contribution in [1.29, 1.82) is 0 Å². The van der Waals surface area contributed by atoms with Crippen LogP contribution in [-0.4, -0.2) is 36.9 Å². The average molecular weight is 378 g/mol. The highest BCUT2D eigenvalue weighted by molar-refractivity contribution is 6.32. The van der Waals surface area contributed by atoms with Gasteiger partial charge in [-0.1, -0.05) is 23.7 Å². The fourth-order valence-electron chi connectivity index (χ4n) is 2.02. The van der Waals surface area contributed by atoms with Crippen LogP contribution in [0, 0.1) is 0 Å². The number of methoxy groups -OCH3 is 1. The number of halogens is 1. The topological polar surface area (TPSA) is 123 Å². The van der Waals surface area contributed by atoms with Crippen LogP contribution in [0.5, 0.6) is 11.5 Å². The van der Waals surface area contributed by atoms with Gasteiger partial charge in [-0.2, -0.15) is 5.10 Å². The Kier molecular flexibility index (Phi) is 6.40. The first-order valence-electron chi connectivity index (χ1n) is 7.32. The average Bonchev–Trinajstić information content (AvgIpc) is 2.60. The lowest BCUT2D eigenvalue weighted by Gasteiger charge is -2.11. The molecule has 2 aromatic rings. The van der Waals surface area contributed by atoms with E-state index < -0.39 is 18.5 Å². The van der Waals surface area contributed by atoms with Crippen LogP contribution in [0.15, 0.2) is 41.5 Å². The number of hydrogen-bond donors (Lipinski definition) is 3. The van der Waals surface area contributed by atoms with Crippen LogP contribution < -0.4 is 20.6 Å². The van der Waals surface area contributed by atoms with E-state index in [-0.39, 0.29) is 16.5 Å². The Balaban J connectivity index is 2.13. The van der Waals surface area contributed by atoms with E-state index in [4.69, 9.17) is 31.9 Å². The van der Waals surface area contributed by atoms with E-state index in [0.717, 1.165) is 0 Å². The van der Waals surface area contributed by atoms with E-state index in [1.165, 1.54) is 25.5 Å². The molecule has 0 atom stereocenters. The zero-order valence-corrected chi connectivity index (χ0v) is 14.5. The van der Waals surface area contributed by atoms with Crippen molar-refractivity contribution in [2.24, 2.45) is 5.10 Å². The van der Waals surface area contributed by atoms with E-state index in [1.54, 1.807) is 24.3 Å². The minimum Gasteiger partial charge on any atom is -0.493 e. The van der Waals surface area contributed by atoms with Gasteiger partial charge in [0.15, 0.2) is 18.1 Å². The van der Waals surface area contributed by atoms with E-state index in [9.17, 15) is 9.59 Å². The second-order valence-corrected chi connectivity index (χ2v) is 5.41. The molecule has 0 aliphatic heterocycles. The molecule has 0 aliphatic carbocycles. The lowest BCUT2D eigenvalue weighted by Crippen LogP contribution is -2.19. The highest BCUT2D eigenvalue weighted by Gasteiger charge is 2.13. The van der Waals surface area contributed by atoms with E-state index in [0.29, 0.717) is 16.8 Å². The predicted octanol–water partition coefficient (Wildman–Crippen LogP) is 2.16. The molecular weight excluding hydrogens is 362 g/mol. The van der Waals surface area contributed by atoms with Gasteiger partial charge in [0.2, 0.25) is 0 Å². The zero-order chi connectivity index (χ0) is 19.1. The van der Waals surface area contributed by atoms with Crippen molar-refractivity contribution in [1.82, 2.24) is 5.43 Å². The fourth-order valence-corrected chi connectivity index (χ4v) is 2.29. The first kappa shape index (κ1) is 19.1. The molecule has 136 valence electrons. The number of anilines is 1. The molecule has 0 saturated heterocycles. The first-order chi connectivity index (χ1) is 12.4. The Bertz CT molecular complexity index is 854.